The molecule has 2 bridgehead atoms. The minimum absolute atomic E-state index is 0.188. The number of carbonyl (C=O) groups is 1. The van der Waals surface area contributed by atoms with Crippen molar-refractivity contribution in [2.45, 2.75) is 37.6 Å². The molecule has 0 N–H and O–H groups in total. The van der Waals surface area contributed by atoms with Crippen LogP contribution in [-0.2, 0) is 12.8 Å². The quantitative estimate of drug-likeness (QED) is 0.785. The Kier molecular flexibility index (Phi) is 3.09. The highest BCUT2D eigenvalue weighted by molar-refractivity contribution is 5.96. The van der Waals surface area contributed by atoms with E-state index in [-0.39, 0.29) is 5.91 Å². The zero-order valence-corrected chi connectivity index (χ0v) is 13.6. The first-order chi connectivity index (χ1) is 11.8. The van der Waals surface area contributed by atoms with Crippen molar-refractivity contribution in [3.05, 3.63) is 64.7 Å². The summed E-state index contributed by atoms with van der Waals surface area (Å²) in [5, 5.41) is 0. The highest BCUT2D eigenvalue weighted by Crippen LogP contribution is 2.40. The van der Waals surface area contributed by atoms with E-state index in [0.29, 0.717) is 12.0 Å². The average molecular weight is 316 g/mol. The summed E-state index contributed by atoms with van der Waals surface area (Å²) in [7, 11) is 0. The largest absolute Gasteiger partial charge is 0.335 e. The number of amides is 1. The van der Waals surface area contributed by atoms with E-state index < -0.39 is 0 Å². The Morgan fingerprint density at radius 3 is 3.00 bits per heavy atom. The van der Waals surface area contributed by atoms with Gasteiger partial charge in [0.25, 0.3) is 5.91 Å². The van der Waals surface area contributed by atoms with Gasteiger partial charge in [-0.05, 0) is 60.1 Å². The predicted molar refractivity (Wildman–Crippen MR) is 95.2 cm³/mol. The molecule has 24 heavy (non-hydrogen) atoms. The lowest BCUT2D eigenvalue weighted by atomic mass is 9.75. The highest BCUT2D eigenvalue weighted by atomic mass is 16.2. The number of fused-ring (bicyclic) bond motifs is 5. The highest BCUT2D eigenvalue weighted by Gasteiger charge is 2.37. The van der Waals surface area contributed by atoms with Crippen molar-refractivity contribution in [2.75, 3.05) is 6.54 Å². The van der Waals surface area contributed by atoms with E-state index in [1.165, 1.54) is 16.7 Å². The number of nitrogens with zero attached hydrogens (tertiary/aromatic N) is 2. The van der Waals surface area contributed by atoms with Gasteiger partial charge in [-0.15, -0.1) is 0 Å². The molecule has 2 aromatic carbocycles. The van der Waals surface area contributed by atoms with Crippen molar-refractivity contribution < 1.29 is 4.79 Å². The van der Waals surface area contributed by atoms with Gasteiger partial charge >= 0.3 is 0 Å². The molecule has 1 amide bonds. The fourth-order valence-electron chi connectivity index (χ4n) is 4.58. The van der Waals surface area contributed by atoms with Crippen LogP contribution in [0.5, 0.6) is 0 Å². The van der Waals surface area contributed by atoms with Crippen LogP contribution in [0, 0.1) is 0 Å². The molecule has 3 nitrogen and oxygen atoms in total. The molecule has 0 saturated carbocycles. The molecule has 1 fully saturated rings. The summed E-state index contributed by atoms with van der Waals surface area (Å²) >= 11 is 0. The Bertz CT molecular complexity index is 855. The van der Waals surface area contributed by atoms with Gasteiger partial charge in [-0.1, -0.05) is 24.3 Å². The topological polar surface area (TPSA) is 32.7 Å². The van der Waals surface area contributed by atoms with Crippen LogP contribution in [0.25, 0.3) is 0 Å². The number of hydrogen-bond acceptors (Lipinski definition) is 2. The van der Waals surface area contributed by atoms with Crippen LogP contribution in [0.3, 0.4) is 0 Å². The Morgan fingerprint density at radius 1 is 1.12 bits per heavy atom. The van der Waals surface area contributed by atoms with Gasteiger partial charge in [-0.3, -0.25) is 9.79 Å². The van der Waals surface area contributed by atoms with E-state index in [2.05, 4.69) is 34.2 Å². The monoisotopic (exact) mass is 316 g/mol. The Balaban J connectivity index is 1.43. The van der Waals surface area contributed by atoms with Crippen LogP contribution >= 0.6 is 0 Å². The summed E-state index contributed by atoms with van der Waals surface area (Å²) in [4.78, 5) is 19.5. The van der Waals surface area contributed by atoms with Gasteiger partial charge in [0, 0.05) is 30.8 Å². The van der Waals surface area contributed by atoms with E-state index in [1.54, 1.807) is 0 Å². The van der Waals surface area contributed by atoms with Gasteiger partial charge in [0.1, 0.15) is 0 Å². The summed E-state index contributed by atoms with van der Waals surface area (Å²) in [6.45, 7) is 0.871. The van der Waals surface area contributed by atoms with Gasteiger partial charge < -0.3 is 4.90 Å². The van der Waals surface area contributed by atoms with Crippen LogP contribution in [0.1, 0.15) is 45.8 Å². The van der Waals surface area contributed by atoms with Gasteiger partial charge in [-0.2, -0.15) is 0 Å². The summed E-state index contributed by atoms with van der Waals surface area (Å²) < 4.78 is 0. The van der Waals surface area contributed by atoms with Gasteiger partial charge in [0.15, 0.2) is 0 Å². The summed E-state index contributed by atoms with van der Waals surface area (Å²) in [6, 6.07) is 15.1. The van der Waals surface area contributed by atoms with Crippen LogP contribution in [0.4, 0.5) is 5.69 Å². The van der Waals surface area contributed by atoms with Crippen LogP contribution in [-0.4, -0.2) is 29.6 Å². The third kappa shape index (κ3) is 2.11. The first-order valence-electron chi connectivity index (χ1n) is 8.84. The maximum absolute atomic E-state index is 13.1. The third-order valence-electron chi connectivity index (χ3n) is 5.80. The molecule has 0 aromatic heterocycles. The second kappa shape index (κ2) is 5.30. The van der Waals surface area contributed by atoms with Crippen molar-refractivity contribution in [3.63, 3.8) is 0 Å². The Labute approximate surface area is 142 Å². The van der Waals surface area contributed by atoms with Crippen LogP contribution in [0.2, 0.25) is 0 Å². The first-order valence-corrected chi connectivity index (χ1v) is 8.84. The minimum Gasteiger partial charge on any atom is -0.335 e. The molecule has 1 aliphatic carbocycles. The lowest BCUT2D eigenvalue weighted by Crippen LogP contribution is -2.48. The number of hydrogen-bond donors (Lipinski definition) is 0. The maximum Gasteiger partial charge on any atom is 0.254 e. The van der Waals surface area contributed by atoms with Crippen molar-refractivity contribution in [2.24, 2.45) is 4.99 Å². The number of likely N-dealkylation sites (tertiary alicyclic amines) is 1. The van der Waals surface area contributed by atoms with Crippen molar-refractivity contribution in [3.8, 4) is 0 Å². The predicted octanol–water partition coefficient (Wildman–Crippen LogP) is 3.89. The molecule has 3 heteroatoms. The summed E-state index contributed by atoms with van der Waals surface area (Å²) in [6.07, 6.45) is 5.94. The molecule has 0 radical (unpaired) electrons. The Morgan fingerprint density at radius 2 is 2.04 bits per heavy atom. The fourth-order valence-corrected chi connectivity index (χ4v) is 4.58. The first kappa shape index (κ1) is 14.0. The smallest absolute Gasteiger partial charge is 0.254 e. The normalized spacial score (nSPS) is 23.8. The zero-order valence-electron chi connectivity index (χ0n) is 13.6. The molecular weight excluding hydrogens is 296 g/mol. The zero-order chi connectivity index (χ0) is 16.1. The molecule has 5 rings (SSSR count). The molecule has 0 spiro atoms. The van der Waals surface area contributed by atoms with Crippen molar-refractivity contribution >= 4 is 17.8 Å². The maximum atomic E-state index is 13.1. The summed E-state index contributed by atoms with van der Waals surface area (Å²) in [5.74, 6) is 0.810. The minimum atomic E-state index is 0.188. The summed E-state index contributed by atoms with van der Waals surface area (Å²) in [5.41, 5.74) is 5.94. The van der Waals surface area contributed by atoms with Gasteiger partial charge in [-0.25, -0.2) is 0 Å². The lowest BCUT2D eigenvalue weighted by Gasteiger charge is -2.44. The van der Waals surface area contributed by atoms with E-state index in [1.807, 2.05) is 24.4 Å². The molecule has 2 heterocycles. The second-order valence-electron chi connectivity index (χ2n) is 7.14. The number of aliphatic imine (C=N–C) groups is 1. The molecule has 2 aliphatic heterocycles. The van der Waals surface area contributed by atoms with E-state index in [9.17, 15) is 4.79 Å². The third-order valence-corrected chi connectivity index (χ3v) is 5.80. The fraction of sp³-hybridized carbons (Fsp3) is 0.333. The number of rotatable bonds is 1. The Hall–Kier alpha value is -2.42. The molecule has 2 unspecified atom stereocenters. The van der Waals surface area contributed by atoms with Crippen molar-refractivity contribution in [1.29, 1.82) is 0 Å². The molecule has 3 aliphatic rings. The van der Waals surface area contributed by atoms with Crippen LogP contribution < -0.4 is 0 Å². The van der Waals surface area contributed by atoms with Crippen molar-refractivity contribution in [1.82, 2.24) is 4.90 Å². The molecule has 2 atom stereocenters. The second-order valence-corrected chi connectivity index (χ2v) is 7.14. The molecule has 2 aromatic rings. The van der Waals surface area contributed by atoms with Gasteiger partial charge in [0.2, 0.25) is 0 Å². The molecule has 1 saturated heterocycles. The van der Waals surface area contributed by atoms with E-state index in [4.69, 9.17) is 0 Å². The SMILES string of the molecule is O=C(c1ccc2c(c1)CC=N2)N1CCC2CC1Cc1ccccc12. The standard InChI is InChI=1S/C21H20N2O/c24-21(17-5-6-20-16(11-17)7-9-22-20)23-10-8-15-13-18(23)12-14-3-1-2-4-19(14)15/h1-6,9,11,15,18H,7-8,10,12-13H2. The van der Waals surface area contributed by atoms with Gasteiger partial charge in [0.05, 0.1) is 5.69 Å². The average Bonchev–Trinajstić information content (AvgIpc) is 3.09. The van der Waals surface area contributed by atoms with E-state index in [0.717, 1.165) is 43.5 Å². The van der Waals surface area contributed by atoms with E-state index >= 15 is 0 Å². The molecular formula is C21H20N2O. The molecule has 120 valence electrons. The number of piperidine rings is 1. The number of carbonyl (C=O) groups excluding carboxylic acids is 1. The number of benzene rings is 2. The van der Waals surface area contributed by atoms with Crippen LogP contribution in [0.15, 0.2) is 47.5 Å². The lowest BCUT2D eigenvalue weighted by molar-refractivity contribution is 0.0574.